The summed E-state index contributed by atoms with van der Waals surface area (Å²) in [5, 5.41) is 7.61. The van der Waals surface area contributed by atoms with Gasteiger partial charge in [0.05, 0.1) is 0 Å². The molecule has 1 unspecified atom stereocenters. The highest BCUT2D eigenvalue weighted by atomic mass is 16.5. The quantitative estimate of drug-likeness (QED) is 0.858. The lowest BCUT2D eigenvalue weighted by Gasteiger charge is -2.27. The van der Waals surface area contributed by atoms with Crippen LogP contribution in [0.5, 0.6) is 0 Å². The fourth-order valence-corrected chi connectivity index (χ4v) is 3.48. The minimum Gasteiger partial charge on any atom is -0.370 e. The Hall–Kier alpha value is -0.940. The van der Waals surface area contributed by atoms with Gasteiger partial charge in [0, 0.05) is 13.5 Å². The van der Waals surface area contributed by atoms with Crippen molar-refractivity contribution in [2.24, 2.45) is 5.92 Å². The predicted octanol–water partition coefficient (Wildman–Crippen LogP) is 2.42. The average molecular weight is 279 g/mol. The zero-order chi connectivity index (χ0) is 13.8. The van der Waals surface area contributed by atoms with E-state index in [1.54, 1.807) is 7.11 Å². The number of aromatic nitrogens is 2. The van der Waals surface area contributed by atoms with Gasteiger partial charge in [-0.3, -0.25) is 0 Å². The van der Waals surface area contributed by atoms with E-state index in [0.717, 1.165) is 44.1 Å². The maximum absolute atomic E-state index is 5.83. The normalized spacial score (nSPS) is 26.6. The van der Waals surface area contributed by atoms with Gasteiger partial charge in [0.15, 0.2) is 0 Å². The smallest absolute Gasteiger partial charge is 0.227 e. The summed E-state index contributed by atoms with van der Waals surface area (Å²) in [5.41, 5.74) is -0.313. The third-order valence-electron chi connectivity index (χ3n) is 4.80. The highest BCUT2D eigenvalue weighted by molar-refractivity contribution is 5.03. The number of nitrogens with zero attached hydrogens (tertiary/aromatic N) is 2. The molecule has 5 heteroatoms. The maximum Gasteiger partial charge on any atom is 0.227 e. The van der Waals surface area contributed by atoms with Gasteiger partial charge < -0.3 is 14.6 Å². The van der Waals surface area contributed by atoms with Crippen LogP contribution in [-0.4, -0.2) is 30.3 Å². The molecule has 1 saturated heterocycles. The molecule has 5 nitrogen and oxygen atoms in total. The Kier molecular flexibility index (Phi) is 4.36. The van der Waals surface area contributed by atoms with Crippen LogP contribution < -0.4 is 5.32 Å². The highest BCUT2D eigenvalue weighted by Crippen LogP contribution is 2.37. The number of nitrogens with one attached hydrogen (secondary N) is 1. The van der Waals surface area contributed by atoms with Crippen molar-refractivity contribution in [2.75, 3.05) is 20.2 Å². The van der Waals surface area contributed by atoms with E-state index >= 15 is 0 Å². The van der Waals surface area contributed by atoms with E-state index in [-0.39, 0.29) is 5.60 Å². The van der Waals surface area contributed by atoms with E-state index in [4.69, 9.17) is 9.26 Å². The van der Waals surface area contributed by atoms with Gasteiger partial charge in [-0.05, 0) is 38.3 Å². The second kappa shape index (κ2) is 6.22. The van der Waals surface area contributed by atoms with Gasteiger partial charge in [0.2, 0.25) is 11.7 Å². The number of methoxy groups -OCH3 is 1. The molecule has 2 heterocycles. The molecule has 1 aliphatic heterocycles. The average Bonchev–Trinajstić information content (AvgIpc) is 3.08. The second-order valence-corrected chi connectivity index (χ2v) is 6.19. The number of ether oxygens (including phenoxy) is 1. The van der Waals surface area contributed by atoms with Crippen LogP contribution >= 0.6 is 0 Å². The Morgan fingerprint density at radius 3 is 2.75 bits per heavy atom. The minimum atomic E-state index is -0.313. The fourth-order valence-electron chi connectivity index (χ4n) is 3.48. The summed E-state index contributed by atoms with van der Waals surface area (Å²) in [5.74, 6) is 2.17. The van der Waals surface area contributed by atoms with Gasteiger partial charge in [-0.2, -0.15) is 4.98 Å². The van der Waals surface area contributed by atoms with Crippen LogP contribution in [-0.2, 0) is 16.8 Å². The van der Waals surface area contributed by atoms with Crippen LogP contribution in [0.25, 0.3) is 0 Å². The van der Waals surface area contributed by atoms with Crippen molar-refractivity contribution < 1.29 is 9.26 Å². The van der Waals surface area contributed by atoms with Crippen molar-refractivity contribution in [3.8, 4) is 0 Å². The van der Waals surface area contributed by atoms with Crippen molar-refractivity contribution in [1.29, 1.82) is 0 Å². The molecule has 0 spiro atoms. The molecule has 1 saturated carbocycles. The van der Waals surface area contributed by atoms with Crippen LogP contribution in [0.15, 0.2) is 4.52 Å². The molecule has 2 fully saturated rings. The summed E-state index contributed by atoms with van der Waals surface area (Å²) in [6.07, 6.45) is 9.04. The van der Waals surface area contributed by atoms with Crippen molar-refractivity contribution in [2.45, 2.75) is 57.0 Å². The molecule has 1 aromatic heterocycles. The van der Waals surface area contributed by atoms with E-state index in [0.29, 0.717) is 5.92 Å². The Balaban J connectivity index is 1.72. The minimum absolute atomic E-state index is 0.313. The summed E-state index contributed by atoms with van der Waals surface area (Å²) in [6, 6.07) is 0. The van der Waals surface area contributed by atoms with Crippen molar-refractivity contribution in [3.63, 3.8) is 0 Å². The molecule has 112 valence electrons. The van der Waals surface area contributed by atoms with E-state index in [1.807, 2.05) is 0 Å². The van der Waals surface area contributed by atoms with Gasteiger partial charge in [0.1, 0.15) is 5.60 Å². The van der Waals surface area contributed by atoms with Crippen molar-refractivity contribution in [3.05, 3.63) is 11.7 Å². The monoisotopic (exact) mass is 279 g/mol. The molecule has 1 aromatic rings. The number of rotatable bonds is 4. The number of hydrogen-bond acceptors (Lipinski definition) is 5. The van der Waals surface area contributed by atoms with E-state index in [9.17, 15) is 0 Å². The van der Waals surface area contributed by atoms with E-state index < -0.39 is 0 Å². The molecule has 0 bridgehead atoms. The molecular weight excluding hydrogens is 254 g/mol. The van der Waals surface area contributed by atoms with Crippen LogP contribution in [0.2, 0.25) is 0 Å². The van der Waals surface area contributed by atoms with Crippen molar-refractivity contribution in [1.82, 2.24) is 15.5 Å². The van der Waals surface area contributed by atoms with E-state index in [1.165, 1.54) is 32.1 Å². The first-order valence-electron chi connectivity index (χ1n) is 7.91. The second-order valence-electron chi connectivity index (χ2n) is 6.19. The SMILES string of the molecule is COC1(c2noc(CC3CCNC3)n2)CCCCCC1. The summed E-state index contributed by atoms with van der Waals surface area (Å²) < 4.78 is 11.3. The lowest BCUT2D eigenvalue weighted by molar-refractivity contribution is -0.0365. The molecule has 1 N–H and O–H groups in total. The van der Waals surface area contributed by atoms with Gasteiger partial charge in [-0.15, -0.1) is 0 Å². The predicted molar refractivity (Wildman–Crippen MR) is 75.4 cm³/mol. The fraction of sp³-hybridized carbons (Fsp3) is 0.867. The third kappa shape index (κ3) is 2.88. The Morgan fingerprint density at radius 2 is 2.10 bits per heavy atom. The lowest BCUT2D eigenvalue weighted by Crippen LogP contribution is -2.29. The first-order chi connectivity index (χ1) is 9.82. The molecule has 3 rings (SSSR count). The van der Waals surface area contributed by atoms with Crippen LogP contribution in [0, 0.1) is 5.92 Å². The standard InChI is InChI=1S/C15H25N3O2/c1-19-15(7-4-2-3-5-8-15)14-17-13(20-18-14)10-12-6-9-16-11-12/h12,16H,2-11H2,1H3. The van der Waals surface area contributed by atoms with Crippen LogP contribution in [0.4, 0.5) is 0 Å². The van der Waals surface area contributed by atoms with Crippen LogP contribution in [0.1, 0.15) is 56.7 Å². The van der Waals surface area contributed by atoms with Crippen LogP contribution in [0.3, 0.4) is 0 Å². The maximum atomic E-state index is 5.83. The van der Waals surface area contributed by atoms with E-state index in [2.05, 4.69) is 15.5 Å². The Labute approximate surface area is 120 Å². The number of hydrogen-bond donors (Lipinski definition) is 1. The zero-order valence-corrected chi connectivity index (χ0v) is 12.4. The molecular formula is C15H25N3O2. The van der Waals surface area contributed by atoms with Gasteiger partial charge >= 0.3 is 0 Å². The van der Waals surface area contributed by atoms with Crippen molar-refractivity contribution >= 4 is 0 Å². The summed E-state index contributed by atoms with van der Waals surface area (Å²) in [6.45, 7) is 2.17. The molecule has 0 amide bonds. The molecule has 1 atom stereocenters. The first kappa shape index (κ1) is 14.0. The highest BCUT2D eigenvalue weighted by Gasteiger charge is 2.37. The zero-order valence-electron chi connectivity index (χ0n) is 12.4. The molecule has 2 aliphatic rings. The van der Waals surface area contributed by atoms with Gasteiger partial charge in [0.25, 0.3) is 0 Å². The molecule has 20 heavy (non-hydrogen) atoms. The Morgan fingerprint density at radius 1 is 1.30 bits per heavy atom. The summed E-state index contributed by atoms with van der Waals surface area (Å²) in [4.78, 5) is 4.65. The molecule has 1 aliphatic carbocycles. The third-order valence-corrected chi connectivity index (χ3v) is 4.80. The summed E-state index contributed by atoms with van der Waals surface area (Å²) >= 11 is 0. The molecule has 0 aromatic carbocycles. The topological polar surface area (TPSA) is 60.2 Å². The van der Waals surface area contributed by atoms with Gasteiger partial charge in [-0.25, -0.2) is 0 Å². The largest absolute Gasteiger partial charge is 0.370 e. The first-order valence-corrected chi connectivity index (χ1v) is 7.91. The lowest BCUT2D eigenvalue weighted by atomic mass is 9.93. The Bertz CT molecular complexity index is 419. The molecule has 0 radical (unpaired) electrons. The summed E-state index contributed by atoms with van der Waals surface area (Å²) in [7, 11) is 1.78. The van der Waals surface area contributed by atoms with Gasteiger partial charge in [-0.1, -0.05) is 30.8 Å².